The van der Waals surface area contributed by atoms with Gasteiger partial charge in [-0.05, 0) is 11.5 Å². The standard InChI is InChI=1S/C11H15ClN2O2/c1-11(2,3)9(16)8(15)7-4-6(12)5-14-10(7)13/h4-5,9,16H,1-3H3,(H2,13,14). The van der Waals surface area contributed by atoms with Gasteiger partial charge in [0.05, 0.1) is 10.6 Å². The summed E-state index contributed by atoms with van der Waals surface area (Å²) in [5, 5.41) is 10.2. The summed E-state index contributed by atoms with van der Waals surface area (Å²) in [7, 11) is 0. The first kappa shape index (κ1) is 12.9. The van der Waals surface area contributed by atoms with Gasteiger partial charge in [-0.1, -0.05) is 32.4 Å². The van der Waals surface area contributed by atoms with Gasteiger partial charge in [-0.15, -0.1) is 0 Å². The molecule has 5 heteroatoms. The third-order valence-corrected chi connectivity index (χ3v) is 2.43. The minimum atomic E-state index is -1.13. The van der Waals surface area contributed by atoms with Crippen LogP contribution in [0.2, 0.25) is 5.02 Å². The van der Waals surface area contributed by atoms with Gasteiger partial charge in [0.15, 0.2) is 5.78 Å². The van der Waals surface area contributed by atoms with Crippen LogP contribution >= 0.6 is 11.6 Å². The van der Waals surface area contributed by atoms with Crippen LogP contribution in [0.3, 0.4) is 0 Å². The Bertz CT molecular complexity index is 413. The fourth-order valence-corrected chi connectivity index (χ4v) is 1.35. The van der Waals surface area contributed by atoms with Crippen molar-refractivity contribution in [3.8, 4) is 0 Å². The Morgan fingerprint density at radius 3 is 2.62 bits per heavy atom. The SMILES string of the molecule is CC(C)(C)C(O)C(=O)c1cc(Cl)cnc1N. The molecule has 1 aromatic heterocycles. The molecule has 0 radical (unpaired) electrons. The van der Waals surface area contributed by atoms with Gasteiger partial charge in [-0.25, -0.2) is 4.98 Å². The van der Waals surface area contributed by atoms with Crippen LogP contribution in [0.5, 0.6) is 0 Å². The second-order valence-corrected chi connectivity index (χ2v) is 5.16. The number of rotatable bonds is 2. The number of hydrogen-bond donors (Lipinski definition) is 2. The van der Waals surface area contributed by atoms with Crippen LogP contribution in [-0.2, 0) is 0 Å². The molecule has 0 bridgehead atoms. The highest BCUT2D eigenvalue weighted by atomic mass is 35.5. The summed E-state index contributed by atoms with van der Waals surface area (Å²) in [6.07, 6.45) is 0.229. The predicted octanol–water partition coefficient (Wildman–Crippen LogP) is 1.91. The van der Waals surface area contributed by atoms with Gasteiger partial charge in [0.2, 0.25) is 0 Å². The number of anilines is 1. The van der Waals surface area contributed by atoms with Gasteiger partial charge in [-0.3, -0.25) is 4.79 Å². The fourth-order valence-electron chi connectivity index (χ4n) is 1.19. The summed E-state index contributed by atoms with van der Waals surface area (Å²) in [5.41, 5.74) is 5.18. The number of aromatic nitrogens is 1. The molecule has 1 unspecified atom stereocenters. The monoisotopic (exact) mass is 242 g/mol. The van der Waals surface area contributed by atoms with E-state index in [4.69, 9.17) is 17.3 Å². The summed E-state index contributed by atoms with van der Waals surface area (Å²) < 4.78 is 0. The minimum Gasteiger partial charge on any atom is -0.384 e. The van der Waals surface area contributed by atoms with E-state index >= 15 is 0 Å². The molecule has 0 aliphatic rings. The number of aliphatic hydroxyl groups is 1. The second-order valence-electron chi connectivity index (χ2n) is 4.72. The zero-order valence-electron chi connectivity index (χ0n) is 9.49. The van der Waals surface area contributed by atoms with Gasteiger partial charge in [0, 0.05) is 6.20 Å². The van der Waals surface area contributed by atoms with E-state index in [1.807, 2.05) is 0 Å². The molecule has 0 aromatic carbocycles. The Kier molecular flexibility index (Phi) is 3.55. The number of Topliss-reactive ketones (excluding diaryl/α,β-unsaturated/α-hetero) is 1. The van der Waals surface area contributed by atoms with Crippen LogP contribution in [0.15, 0.2) is 12.3 Å². The Labute approximate surface area is 99.4 Å². The molecule has 0 aliphatic carbocycles. The van der Waals surface area contributed by atoms with Gasteiger partial charge >= 0.3 is 0 Å². The van der Waals surface area contributed by atoms with Crippen LogP contribution in [0.4, 0.5) is 5.82 Å². The van der Waals surface area contributed by atoms with E-state index in [1.165, 1.54) is 12.3 Å². The van der Waals surface area contributed by atoms with Crippen LogP contribution in [0.1, 0.15) is 31.1 Å². The quantitative estimate of drug-likeness (QED) is 0.777. The predicted molar refractivity (Wildman–Crippen MR) is 63.5 cm³/mol. The van der Waals surface area contributed by atoms with Crippen molar-refractivity contribution in [3.05, 3.63) is 22.8 Å². The lowest BCUT2D eigenvalue weighted by molar-refractivity contribution is 0.0443. The highest BCUT2D eigenvalue weighted by Gasteiger charge is 2.31. The average Bonchev–Trinajstić information content (AvgIpc) is 2.18. The van der Waals surface area contributed by atoms with E-state index in [-0.39, 0.29) is 11.4 Å². The maximum absolute atomic E-state index is 11.9. The van der Waals surface area contributed by atoms with Gasteiger partial charge < -0.3 is 10.8 Å². The third kappa shape index (κ3) is 2.71. The number of ketones is 1. The first-order chi connectivity index (χ1) is 7.23. The van der Waals surface area contributed by atoms with E-state index in [0.717, 1.165) is 0 Å². The molecule has 88 valence electrons. The number of nitrogen functional groups attached to an aromatic ring is 1. The summed E-state index contributed by atoms with van der Waals surface area (Å²) >= 11 is 5.73. The maximum atomic E-state index is 11.9. The van der Waals surface area contributed by atoms with E-state index in [1.54, 1.807) is 20.8 Å². The molecule has 1 rings (SSSR count). The van der Waals surface area contributed by atoms with E-state index in [9.17, 15) is 9.90 Å². The second kappa shape index (κ2) is 4.39. The van der Waals surface area contributed by atoms with Crippen LogP contribution in [0.25, 0.3) is 0 Å². The van der Waals surface area contributed by atoms with Gasteiger partial charge in [0.25, 0.3) is 0 Å². The topological polar surface area (TPSA) is 76.2 Å². The average molecular weight is 243 g/mol. The Balaban J connectivity index is 3.10. The molecule has 0 amide bonds. The lowest BCUT2D eigenvalue weighted by Gasteiger charge is -2.24. The van der Waals surface area contributed by atoms with Crippen molar-refractivity contribution in [1.82, 2.24) is 4.98 Å². The normalized spacial score (nSPS) is 13.6. The zero-order valence-corrected chi connectivity index (χ0v) is 10.2. The number of nitrogens with two attached hydrogens (primary N) is 1. The zero-order chi connectivity index (χ0) is 12.5. The molecule has 0 spiro atoms. The molecular formula is C11H15ClN2O2. The highest BCUT2D eigenvalue weighted by molar-refractivity contribution is 6.31. The van der Waals surface area contributed by atoms with Crippen molar-refractivity contribution >= 4 is 23.2 Å². The number of pyridine rings is 1. The molecule has 0 saturated heterocycles. The molecule has 1 heterocycles. The summed E-state index contributed by atoms with van der Waals surface area (Å²) in [6, 6.07) is 1.42. The number of nitrogens with zero attached hydrogens (tertiary/aromatic N) is 1. The minimum absolute atomic E-state index is 0.0812. The van der Waals surface area contributed by atoms with E-state index in [0.29, 0.717) is 5.02 Å². The van der Waals surface area contributed by atoms with Crippen molar-refractivity contribution < 1.29 is 9.90 Å². The Morgan fingerprint density at radius 1 is 1.56 bits per heavy atom. The van der Waals surface area contributed by atoms with E-state index in [2.05, 4.69) is 4.98 Å². The molecule has 0 saturated carbocycles. The van der Waals surface area contributed by atoms with Crippen molar-refractivity contribution in [2.45, 2.75) is 26.9 Å². The summed E-state index contributed by atoms with van der Waals surface area (Å²) in [4.78, 5) is 15.7. The molecular weight excluding hydrogens is 228 g/mol. The first-order valence-corrected chi connectivity index (χ1v) is 5.24. The van der Waals surface area contributed by atoms with Crippen molar-refractivity contribution in [2.24, 2.45) is 5.41 Å². The Morgan fingerprint density at radius 2 is 2.12 bits per heavy atom. The molecule has 0 aliphatic heterocycles. The lowest BCUT2D eigenvalue weighted by Crippen LogP contribution is -2.34. The van der Waals surface area contributed by atoms with E-state index < -0.39 is 17.3 Å². The fraction of sp³-hybridized carbons (Fsp3) is 0.455. The molecule has 1 aromatic rings. The lowest BCUT2D eigenvalue weighted by atomic mass is 9.85. The van der Waals surface area contributed by atoms with Crippen LogP contribution in [0, 0.1) is 5.41 Å². The number of hydrogen-bond acceptors (Lipinski definition) is 4. The smallest absolute Gasteiger partial charge is 0.195 e. The van der Waals surface area contributed by atoms with Crippen LogP contribution < -0.4 is 5.73 Å². The maximum Gasteiger partial charge on any atom is 0.195 e. The van der Waals surface area contributed by atoms with Gasteiger partial charge in [-0.2, -0.15) is 0 Å². The van der Waals surface area contributed by atoms with Gasteiger partial charge in [0.1, 0.15) is 11.9 Å². The largest absolute Gasteiger partial charge is 0.384 e. The summed E-state index contributed by atoms with van der Waals surface area (Å²) in [5.74, 6) is -0.377. The number of halogens is 1. The van der Waals surface area contributed by atoms with Crippen LogP contribution in [-0.4, -0.2) is 22.0 Å². The highest BCUT2D eigenvalue weighted by Crippen LogP contribution is 2.25. The molecule has 4 nitrogen and oxygen atoms in total. The Hall–Kier alpha value is -1.13. The molecule has 0 fully saturated rings. The first-order valence-electron chi connectivity index (χ1n) is 4.87. The third-order valence-electron chi connectivity index (χ3n) is 2.22. The molecule has 16 heavy (non-hydrogen) atoms. The summed E-state index contributed by atoms with van der Waals surface area (Å²) in [6.45, 7) is 5.30. The van der Waals surface area contributed by atoms with Crippen molar-refractivity contribution in [1.29, 1.82) is 0 Å². The number of carbonyl (C=O) groups excluding carboxylic acids is 1. The number of aliphatic hydroxyl groups excluding tert-OH is 1. The van der Waals surface area contributed by atoms with Crippen molar-refractivity contribution in [2.75, 3.05) is 5.73 Å². The van der Waals surface area contributed by atoms with Crippen molar-refractivity contribution in [3.63, 3.8) is 0 Å². The number of carbonyl (C=O) groups is 1. The molecule has 1 atom stereocenters. The molecule has 3 N–H and O–H groups in total.